The van der Waals surface area contributed by atoms with Crippen LogP contribution in [0.25, 0.3) is 0 Å². The quantitative estimate of drug-likeness (QED) is 0.802. The van der Waals surface area contributed by atoms with Gasteiger partial charge >= 0.3 is 0 Å². The fourth-order valence-electron chi connectivity index (χ4n) is 3.37. The second-order valence-electron chi connectivity index (χ2n) is 5.86. The third-order valence-electron chi connectivity index (χ3n) is 4.44. The number of nitriles is 1. The molecule has 2 unspecified atom stereocenters. The first kappa shape index (κ1) is 13.4. The standard InChI is InChI=1S/C16H24N2/c1-18-13-16(12-17)10-9-15(11-16)8-7-14-5-3-2-4-6-14/h2-3,5,15,18H,4,6-11,13H2,1H3. The van der Waals surface area contributed by atoms with Crippen LogP contribution in [-0.4, -0.2) is 13.6 Å². The van der Waals surface area contributed by atoms with E-state index in [0.717, 1.165) is 25.3 Å². The van der Waals surface area contributed by atoms with Crippen LogP contribution in [0.1, 0.15) is 44.9 Å². The van der Waals surface area contributed by atoms with Gasteiger partial charge in [-0.2, -0.15) is 5.26 Å². The van der Waals surface area contributed by atoms with Crippen molar-refractivity contribution in [2.45, 2.75) is 44.9 Å². The zero-order chi connectivity index (χ0) is 12.8. The van der Waals surface area contributed by atoms with Gasteiger partial charge in [0.05, 0.1) is 11.5 Å². The first-order chi connectivity index (χ1) is 8.78. The second-order valence-corrected chi connectivity index (χ2v) is 5.86. The van der Waals surface area contributed by atoms with Gasteiger partial charge in [-0.3, -0.25) is 0 Å². The minimum Gasteiger partial charge on any atom is -0.318 e. The zero-order valence-electron chi connectivity index (χ0n) is 11.4. The molecule has 2 aliphatic rings. The number of nitrogens with one attached hydrogen (secondary N) is 1. The number of hydrogen-bond donors (Lipinski definition) is 1. The summed E-state index contributed by atoms with van der Waals surface area (Å²) < 4.78 is 0. The summed E-state index contributed by atoms with van der Waals surface area (Å²) in [7, 11) is 1.95. The van der Waals surface area contributed by atoms with Crippen molar-refractivity contribution in [1.29, 1.82) is 5.26 Å². The SMILES string of the molecule is CNCC1(C#N)CCC(CCC2=CC=CCC2)C1. The lowest BCUT2D eigenvalue weighted by atomic mass is 9.85. The minimum absolute atomic E-state index is 0.0831. The van der Waals surface area contributed by atoms with Crippen molar-refractivity contribution >= 4 is 0 Å². The van der Waals surface area contributed by atoms with Crippen LogP contribution >= 0.6 is 0 Å². The van der Waals surface area contributed by atoms with E-state index in [1.165, 1.54) is 32.1 Å². The maximum Gasteiger partial charge on any atom is 0.0703 e. The molecule has 0 radical (unpaired) electrons. The maximum absolute atomic E-state index is 9.37. The molecule has 2 atom stereocenters. The normalized spacial score (nSPS) is 31.1. The van der Waals surface area contributed by atoms with Gasteiger partial charge in [-0.05, 0) is 57.9 Å². The third-order valence-corrected chi connectivity index (χ3v) is 4.44. The van der Waals surface area contributed by atoms with E-state index in [2.05, 4.69) is 29.6 Å². The molecule has 1 N–H and O–H groups in total. The Kier molecular flexibility index (Phi) is 4.60. The largest absolute Gasteiger partial charge is 0.318 e. The molecule has 0 amide bonds. The smallest absolute Gasteiger partial charge is 0.0703 e. The fourth-order valence-corrected chi connectivity index (χ4v) is 3.37. The predicted octanol–water partition coefficient (Wildman–Crippen LogP) is 3.57. The summed E-state index contributed by atoms with van der Waals surface area (Å²) in [6.45, 7) is 0.853. The zero-order valence-corrected chi connectivity index (χ0v) is 11.4. The van der Waals surface area contributed by atoms with Crippen molar-refractivity contribution in [1.82, 2.24) is 5.32 Å². The molecule has 1 fully saturated rings. The van der Waals surface area contributed by atoms with Gasteiger partial charge in [0.1, 0.15) is 0 Å². The van der Waals surface area contributed by atoms with Crippen LogP contribution in [0.2, 0.25) is 0 Å². The van der Waals surface area contributed by atoms with E-state index < -0.39 is 0 Å². The molecule has 1 saturated carbocycles. The van der Waals surface area contributed by atoms with Gasteiger partial charge < -0.3 is 5.32 Å². The summed E-state index contributed by atoms with van der Waals surface area (Å²) in [6.07, 6.45) is 15.1. The lowest BCUT2D eigenvalue weighted by Crippen LogP contribution is -2.28. The third kappa shape index (κ3) is 3.23. The fraction of sp³-hybridized carbons (Fsp3) is 0.688. The van der Waals surface area contributed by atoms with Crippen molar-refractivity contribution in [3.63, 3.8) is 0 Å². The Bertz CT molecular complexity index is 375. The first-order valence-electron chi connectivity index (χ1n) is 7.18. The Morgan fingerprint density at radius 3 is 3.11 bits per heavy atom. The number of allylic oxidation sites excluding steroid dienone is 4. The molecule has 2 aliphatic carbocycles. The van der Waals surface area contributed by atoms with Crippen LogP contribution in [0.3, 0.4) is 0 Å². The molecular formula is C16H24N2. The highest BCUT2D eigenvalue weighted by Gasteiger charge is 2.38. The van der Waals surface area contributed by atoms with Crippen LogP contribution in [-0.2, 0) is 0 Å². The summed E-state index contributed by atoms with van der Waals surface area (Å²) in [4.78, 5) is 0. The molecule has 2 heteroatoms. The predicted molar refractivity (Wildman–Crippen MR) is 75.0 cm³/mol. The van der Waals surface area contributed by atoms with Crippen molar-refractivity contribution < 1.29 is 0 Å². The molecule has 2 rings (SSSR count). The van der Waals surface area contributed by atoms with Crippen molar-refractivity contribution in [2.24, 2.45) is 11.3 Å². The summed E-state index contributed by atoms with van der Waals surface area (Å²) in [5.41, 5.74) is 1.51. The van der Waals surface area contributed by atoms with Crippen LogP contribution in [0, 0.1) is 22.7 Å². The lowest BCUT2D eigenvalue weighted by Gasteiger charge is -2.20. The summed E-state index contributed by atoms with van der Waals surface area (Å²) >= 11 is 0. The molecule has 0 aromatic rings. The monoisotopic (exact) mass is 244 g/mol. The molecular weight excluding hydrogens is 220 g/mol. The average molecular weight is 244 g/mol. The molecule has 0 bridgehead atoms. The maximum atomic E-state index is 9.37. The van der Waals surface area contributed by atoms with Gasteiger partial charge in [0.15, 0.2) is 0 Å². The Labute approximate surface area is 111 Å². The highest BCUT2D eigenvalue weighted by molar-refractivity contribution is 5.17. The summed E-state index contributed by atoms with van der Waals surface area (Å²) in [5.74, 6) is 0.754. The van der Waals surface area contributed by atoms with E-state index in [1.807, 2.05) is 7.05 Å². The number of nitrogens with zero attached hydrogens (tertiary/aromatic N) is 1. The van der Waals surface area contributed by atoms with E-state index in [4.69, 9.17) is 0 Å². The van der Waals surface area contributed by atoms with Crippen molar-refractivity contribution in [2.75, 3.05) is 13.6 Å². The van der Waals surface area contributed by atoms with Crippen molar-refractivity contribution in [3.05, 3.63) is 23.8 Å². The van der Waals surface area contributed by atoms with E-state index >= 15 is 0 Å². The first-order valence-corrected chi connectivity index (χ1v) is 7.18. The highest BCUT2D eigenvalue weighted by atomic mass is 14.8. The van der Waals surface area contributed by atoms with Crippen molar-refractivity contribution in [3.8, 4) is 6.07 Å². The van der Waals surface area contributed by atoms with Gasteiger partial charge in [0.25, 0.3) is 0 Å². The van der Waals surface area contributed by atoms with E-state index in [0.29, 0.717) is 0 Å². The number of rotatable bonds is 5. The van der Waals surface area contributed by atoms with Crippen LogP contribution in [0.4, 0.5) is 0 Å². The lowest BCUT2D eigenvalue weighted by molar-refractivity contribution is 0.366. The topological polar surface area (TPSA) is 35.8 Å². The Morgan fingerprint density at radius 2 is 2.44 bits per heavy atom. The molecule has 0 aliphatic heterocycles. The Morgan fingerprint density at radius 1 is 1.56 bits per heavy atom. The van der Waals surface area contributed by atoms with Gasteiger partial charge in [-0.1, -0.05) is 23.8 Å². The summed E-state index contributed by atoms with van der Waals surface area (Å²) in [6, 6.07) is 2.56. The molecule has 2 nitrogen and oxygen atoms in total. The molecule has 18 heavy (non-hydrogen) atoms. The minimum atomic E-state index is -0.0831. The van der Waals surface area contributed by atoms with E-state index in [-0.39, 0.29) is 5.41 Å². The molecule has 98 valence electrons. The highest BCUT2D eigenvalue weighted by Crippen LogP contribution is 2.43. The van der Waals surface area contributed by atoms with Gasteiger partial charge in [0, 0.05) is 6.54 Å². The second kappa shape index (κ2) is 6.20. The summed E-state index contributed by atoms with van der Waals surface area (Å²) in [5, 5.41) is 12.6. The van der Waals surface area contributed by atoms with Gasteiger partial charge in [-0.25, -0.2) is 0 Å². The molecule has 0 saturated heterocycles. The van der Waals surface area contributed by atoms with Crippen LogP contribution in [0.15, 0.2) is 23.8 Å². The Balaban J connectivity index is 1.80. The molecule has 0 aromatic carbocycles. The van der Waals surface area contributed by atoms with Gasteiger partial charge in [0.2, 0.25) is 0 Å². The molecule has 0 spiro atoms. The van der Waals surface area contributed by atoms with Gasteiger partial charge in [-0.15, -0.1) is 0 Å². The van der Waals surface area contributed by atoms with E-state index in [1.54, 1.807) is 5.57 Å². The Hall–Kier alpha value is -1.07. The van der Waals surface area contributed by atoms with Crippen LogP contribution in [0.5, 0.6) is 0 Å². The molecule has 0 heterocycles. The molecule has 0 aromatic heterocycles. The number of hydrogen-bond acceptors (Lipinski definition) is 2. The average Bonchev–Trinajstić information content (AvgIpc) is 2.82. The van der Waals surface area contributed by atoms with E-state index in [9.17, 15) is 5.26 Å². The van der Waals surface area contributed by atoms with Crippen LogP contribution < -0.4 is 5.32 Å².